The van der Waals surface area contributed by atoms with E-state index in [1.54, 1.807) is 18.2 Å². The Morgan fingerprint density at radius 1 is 1.20 bits per heavy atom. The summed E-state index contributed by atoms with van der Waals surface area (Å²) in [5.74, 6) is 0.323. The third-order valence-corrected chi connectivity index (χ3v) is 4.59. The number of alkyl halides is 3. The number of carbonyl (C=O) groups excluding carboxylic acids is 1. The zero-order valence-electron chi connectivity index (χ0n) is 16.7. The first-order valence-electron chi connectivity index (χ1n) is 9.24. The maximum atomic E-state index is 12.6. The van der Waals surface area contributed by atoms with Crippen LogP contribution in [0.5, 0.6) is 0 Å². The molecule has 0 spiro atoms. The van der Waals surface area contributed by atoms with Gasteiger partial charge in [-0.05, 0) is 31.0 Å². The van der Waals surface area contributed by atoms with E-state index in [0.717, 1.165) is 28.7 Å². The van der Waals surface area contributed by atoms with Gasteiger partial charge in [0.15, 0.2) is 11.7 Å². The number of nitrogens with zero attached hydrogens (tertiary/aromatic N) is 2. The monoisotopic (exact) mass is 555 g/mol. The molecule has 2 rings (SSSR count). The largest absolute Gasteiger partial charge is 0.434 e. The van der Waals surface area contributed by atoms with Crippen LogP contribution in [0.25, 0.3) is 0 Å². The zero-order chi connectivity index (χ0) is 21.3. The van der Waals surface area contributed by atoms with Gasteiger partial charge in [0.1, 0.15) is 5.01 Å². The van der Waals surface area contributed by atoms with E-state index >= 15 is 0 Å². The SMILES string of the molecule is CCCNC(=O)c1cccc(CN=C(NCC)NCc2nc(C(F)(F)F)cs2)c1.I. The minimum absolute atomic E-state index is 0. The fraction of sp³-hybridized carbons (Fsp3) is 0.421. The molecule has 0 saturated carbocycles. The molecular weight excluding hydrogens is 530 g/mol. The molecule has 2 aromatic rings. The number of rotatable bonds is 8. The molecule has 0 aliphatic rings. The van der Waals surface area contributed by atoms with E-state index in [2.05, 4.69) is 25.9 Å². The van der Waals surface area contributed by atoms with Crippen molar-refractivity contribution in [1.82, 2.24) is 20.9 Å². The van der Waals surface area contributed by atoms with Crippen LogP contribution in [0.1, 0.15) is 46.9 Å². The molecule has 3 N–H and O–H groups in total. The van der Waals surface area contributed by atoms with Crippen molar-refractivity contribution < 1.29 is 18.0 Å². The van der Waals surface area contributed by atoms with Gasteiger partial charge in [0.05, 0.1) is 13.1 Å². The van der Waals surface area contributed by atoms with E-state index in [-0.39, 0.29) is 36.4 Å². The third-order valence-electron chi connectivity index (χ3n) is 3.74. The van der Waals surface area contributed by atoms with Crippen LogP contribution in [0.4, 0.5) is 13.2 Å². The summed E-state index contributed by atoms with van der Waals surface area (Å²) in [4.78, 5) is 20.1. The maximum absolute atomic E-state index is 12.6. The van der Waals surface area contributed by atoms with Gasteiger partial charge in [0, 0.05) is 24.0 Å². The normalized spacial score (nSPS) is 11.6. The standard InChI is InChI=1S/C19H24F3N5OS.HI/c1-3-8-24-17(28)14-7-5-6-13(9-14)10-25-18(23-4-2)26-11-16-27-15(12-29-16)19(20,21)22;/h5-7,9,12H,3-4,8,10-11H2,1-2H3,(H,24,28)(H2,23,25,26);1H. The number of benzene rings is 1. The van der Waals surface area contributed by atoms with Crippen LogP contribution in [-0.2, 0) is 19.3 Å². The van der Waals surface area contributed by atoms with Gasteiger partial charge in [0.25, 0.3) is 5.91 Å². The van der Waals surface area contributed by atoms with E-state index in [0.29, 0.717) is 36.2 Å². The smallest absolute Gasteiger partial charge is 0.357 e. The molecule has 0 saturated heterocycles. The Morgan fingerprint density at radius 2 is 1.97 bits per heavy atom. The number of hydrogen-bond donors (Lipinski definition) is 3. The predicted molar refractivity (Wildman–Crippen MR) is 123 cm³/mol. The second kappa shape index (κ2) is 12.7. The number of carbonyl (C=O) groups is 1. The van der Waals surface area contributed by atoms with Gasteiger partial charge in [0.2, 0.25) is 0 Å². The first kappa shape index (κ1) is 26.1. The van der Waals surface area contributed by atoms with Gasteiger partial charge in [-0.15, -0.1) is 35.3 Å². The number of aliphatic imine (C=N–C) groups is 1. The molecule has 166 valence electrons. The Bertz CT molecular complexity index is 842. The Balaban J connectivity index is 0.00000450. The summed E-state index contributed by atoms with van der Waals surface area (Å²) in [5.41, 5.74) is 0.519. The first-order valence-corrected chi connectivity index (χ1v) is 10.1. The average molecular weight is 555 g/mol. The molecule has 6 nitrogen and oxygen atoms in total. The topological polar surface area (TPSA) is 78.4 Å². The summed E-state index contributed by atoms with van der Waals surface area (Å²) in [6.45, 7) is 5.53. The lowest BCUT2D eigenvalue weighted by Gasteiger charge is -2.10. The molecule has 1 aromatic carbocycles. The lowest BCUT2D eigenvalue weighted by atomic mass is 10.1. The van der Waals surface area contributed by atoms with Gasteiger partial charge in [-0.3, -0.25) is 4.79 Å². The molecule has 0 aliphatic heterocycles. The molecule has 0 aliphatic carbocycles. The molecule has 0 unspecified atom stereocenters. The lowest BCUT2D eigenvalue weighted by Crippen LogP contribution is -2.36. The average Bonchev–Trinajstić information content (AvgIpc) is 3.18. The summed E-state index contributed by atoms with van der Waals surface area (Å²) in [6.07, 6.45) is -3.58. The molecule has 1 amide bonds. The van der Waals surface area contributed by atoms with E-state index in [1.807, 2.05) is 19.9 Å². The third kappa shape index (κ3) is 8.46. The van der Waals surface area contributed by atoms with Crippen LogP contribution in [0.2, 0.25) is 0 Å². The molecule has 30 heavy (non-hydrogen) atoms. The molecule has 1 aromatic heterocycles. The van der Waals surface area contributed by atoms with E-state index in [1.165, 1.54) is 0 Å². The summed E-state index contributed by atoms with van der Waals surface area (Å²) < 4.78 is 37.9. The molecule has 0 fully saturated rings. The fourth-order valence-electron chi connectivity index (χ4n) is 2.35. The number of hydrogen-bond acceptors (Lipinski definition) is 4. The Hall–Kier alpha value is -1.89. The van der Waals surface area contributed by atoms with Gasteiger partial charge in [-0.25, -0.2) is 9.98 Å². The highest BCUT2D eigenvalue weighted by Gasteiger charge is 2.33. The zero-order valence-corrected chi connectivity index (χ0v) is 19.8. The number of thiazole rings is 1. The Morgan fingerprint density at radius 3 is 2.60 bits per heavy atom. The van der Waals surface area contributed by atoms with Crippen molar-refractivity contribution in [3.63, 3.8) is 0 Å². The molecule has 0 atom stereocenters. The van der Waals surface area contributed by atoms with Gasteiger partial charge < -0.3 is 16.0 Å². The van der Waals surface area contributed by atoms with Crippen molar-refractivity contribution >= 4 is 47.2 Å². The minimum atomic E-state index is -4.44. The van der Waals surface area contributed by atoms with Crippen molar-refractivity contribution in [3.8, 4) is 0 Å². The van der Waals surface area contributed by atoms with Crippen molar-refractivity contribution in [2.24, 2.45) is 4.99 Å². The Kier molecular flexibility index (Phi) is 11.1. The molecule has 1 heterocycles. The van der Waals surface area contributed by atoms with Crippen molar-refractivity contribution in [1.29, 1.82) is 0 Å². The number of halogens is 4. The summed E-state index contributed by atoms with van der Waals surface area (Å²) in [6, 6.07) is 7.16. The minimum Gasteiger partial charge on any atom is -0.357 e. The highest BCUT2D eigenvalue weighted by atomic mass is 127. The van der Waals surface area contributed by atoms with Gasteiger partial charge >= 0.3 is 6.18 Å². The van der Waals surface area contributed by atoms with Crippen molar-refractivity contribution in [2.45, 2.75) is 39.5 Å². The summed E-state index contributed by atoms with van der Waals surface area (Å²) in [7, 11) is 0. The van der Waals surface area contributed by atoms with Crippen LogP contribution in [0.15, 0.2) is 34.6 Å². The van der Waals surface area contributed by atoms with Crippen LogP contribution in [0, 0.1) is 0 Å². The van der Waals surface area contributed by atoms with Crippen LogP contribution < -0.4 is 16.0 Å². The predicted octanol–water partition coefficient (Wildman–Crippen LogP) is 4.18. The number of amides is 1. The van der Waals surface area contributed by atoms with E-state index in [9.17, 15) is 18.0 Å². The quantitative estimate of drug-likeness (QED) is 0.260. The number of guanidine groups is 1. The lowest BCUT2D eigenvalue weighted by molar-refractivity contribution is -0.140. The summed E-state index contributed by atoms with van der Waals surface area (Å²) >= 11 is 0.942. The second-order valence-corrected chi connectivity index (χ2v) is 7.07. The highest BCUT2D eigenvalue weighted by Crippen LogP contribution is 2.29. The molecule has 0 radical (unpaired) electrons. The van der Waals surface area contributed by atoms with E-state index < -0.39 is 11.9 Å². The molecular formula is C19H25F3IN5OS. The van der Waals surface area contributed by atoms with Crippen molar-refractivity contribution in [2.75, 3.05) is 13.1 Å². The summed E-state index contributed by atoms with van der Waals surface area (Å²) in [5, 5.41) is 10.2. The van der Waals surface area contributed by atoms with Gasteiger partial charge in [-0.1, -0.05) is 19.1 Å². The second-order valence-electron chi connectivity index (χ2n) is 6.13. The molecule has 0 bridgehead atoms. The Labute approximate surface area is 194 Å². The fourth-order valence-corrected chi connectivity index (χ4v) is 3.09. The van der Waals surface area contributed by atoms with Crippen molar-refractivity contribution in [3.05, 3.63) is 51.5 Å². The molecule has 11 heteroatoms. The van der Waals surface area contributed by atoms with Gasteiger partial charge in [-0.2, -0.15) is 13.2 Å². The van der Waals surface area contributed by atoms with Crippen LogP contribution in [-0.4, -0.2) is 29.9 Å². The van der Waals surface area contributed by atoms with E-state index in [4.69, 9.17) is 0 Å². The maximum Gasteiger partial charge on any atom is 0.434 e. The highest BCUT2D eigenvalue weighted by molar-refractivity contribution is 14.0. The number of aromatic nitrogens is 1. The first-order chi connectivity index (χ1) is 13.8. The van der Waals surface area contributed by atoms with Crippen LogP contribution >= 0.6 is 35.3 Å². The van der Waals surface area contributed by atoms with Crippen LogP contribution in [0.3, 0.4) is 0 Å². The number of nitrogens with one attached hydrogen (secondary N) is 3.